The molecule has 1 fully saturated rings. The average molecular weight is 332 g/mol. The number of hydrogen-bond acceptors (Lipinski definition) is 4. The number of amides is 1. The van der Waals surface area contributed by atoms with Crippen LogP contribution in [-0.4, -0.2) is 54.3 Å². The SMILES string of the molecule is CC(C)OCC1CN(C(=O)c2cnc3ccc(F)cc3c2)CCO1. The summed E-state index contributed by atoms with van der Waals surface area (Å²) < 4.78 is 24.6. The minimum absolute atomic E-state index is 0.119. The first-order valence-corrected chi connectivity index (χ1v) is 8.10. The van der Waals surface area contributed by atoms with Crippen molar-refractivity contribution in [3.8, 4) is 0 Å². The Labute approximate surface area is 140 Å². The predicted molar refractivity (Wildman–Crippen MR) is 88.4 cm³/mol. The molecule has 1 aliphatic rings. The molecule has 3 rings (SSSR count). The Morgan fingerprint density at radius 2 is 2.29 bits per heavy atom. The molecule has 0 bridgehead atoms. The molecule has 0 radical (unpaired) electrons. The van der Waals surface area contributed by atoms with Crippen LogP contribution in [0.2, 0.25) is 0 Å². The van der Waals surface area contributed by atoms with E-state index < -0.39 is 0 Å². The van der Waals surface area contributed by atoms with Crippen LogP contribution in [0.4, 0.5) is 4.39 Å². The van der Waals surface area contributed by atoms with Gasteiger partial charge in [0, 0.05) is 24.7 Å². The molecule has 2 aromatic rings. The van der Waals surface area contributed by atoms with Crippen LogP contribution in [0, 0.1) is 5.82 Å². The van der Waals surface area contributed by atoms with Crippen LogP contribution in [0.5, 0.6) is 0 Å². The number of pyridine rings is 1. The summed E-state index contributed by atoms with van der Waals surface area (Å²) in [5.41, 5.74) is 1.12. The molecule has 1 saturated heterocycles. The van der Waals surface area contributed by atoms with Gasteiger partial charge in [-0.15, -0.1) is 0 Å². The number of morpholine rings is 1. The Morgan fingerprint density at radius 3 is 3.08 bits per heavy atom. The van der Waals surface area contributed by atoms with Crippen molar-refractivity contribution in [1.82, 2.24) is 9.88 Å². The number of halogens is 1. The highest BCUT2D eigenvalue weighted by Crippen LogP contribution is 2.17. The fourth-order valence-electron chi connectivity index (χ4n) is 2.71. The van der Waals surface area contributed by atoms with E-state index >= 15 is 0 Å². The van der Waals surface area contributed by atoms with Crippen molar-refractivity contribution in [2.24, 2.45) is 0 Å². The van der Waals surface area contributed by atoms with Gasteiger partial charge in [0.1, 0.15) is 5.82 Å². The molecule has 128 valence electrons. The molecule has 5 nitrogen and oxygen atoms in total. The third-order valence-corrected chi connectivity index (χ3v) is 3.93. The highest BCUT2D eigenvalue weighted by molar-refractivity contribution is 5.97. The first-order valence-electron chi connectivity index (χ1n) is 8.10. The number of hydrogen-bond donors (Lipinski definition) is 0. The lowest BCUT2D eigenvalue weighted by atomic mass is 10.1. The quantitative estimate of drug-likeness (QED) is 0.864. The van der Waals surface area contributed by atoms with Crippen LogP contribution in [0.1, 0.15) is 24.2 Å². The standard InChI is InChI=1S/C18H21FN2O3/c1-12(2)24-11-16-10-21(5-6-23-16)18(22)14-7-13-8-15(19)3-4-17(13)20-9-14/h3-4,7-9,12,16H,5-6,10-11H2,1-2H3. The molecule has 0 spiro atoms. The van der Waals surface area contributed by atoms with Crippen LogP contribution in [0.3, 0.4) is 0 Å². The van der Waals surface area contributed by atoms with Crippen LogP contribution in [0.15, 0.2) is 30.5 Å². The normalized spacial score (nSPS) is 18.3. The molecule has 6 heteroatoms. The maximum atomic E-state index is 13.4. The number of benzene rings is 1. The van der Waals surface area contributed by atoms with Gasteiger partial charge in [0.05, 0.1) is 36.5 Å². The Balaban J connectivity index is 1.73. The van der Waals surface area contributed by atoms with Crippen molar-refractivity contribution >= 4 is 16.8 Å². The number of carbonyl (C=O) groups excluding carboxylic acids is 1. The van der Waals surface area contributed by atoms with Crippen LogP contribution >= 0.6 is 0 Å². The monoisotopic (exact) mass is 332 g/mol. The zero-order valence-electron chi connectivity index (χ0n) is 13.9. The Morgan fingerprint density at radius 1 is 1.46 bits per heavy atom. The zero-order valence-corrected chi connectivity index (χ0v) is 13.9. The van der Waals surface area contributed by atoms with Gasteiger partial charge in [0.25, 0.3) is 5.91 Å². The molecule has 1 aromatic carbocycles. The molecule has 2 heterocycles. The summed E-state index contributed by atoms with van der Waals surface area (Å²) in [4.78, 5) is 18.7. The summed E-state index contributed by atoms with van der Waals surface area (Å²) >= 11 is 0. The van der Waals surface area contributed by atoms with Crippen molar-refractivity contribution in [2.45, 2.75) is 26.1 Å². The van der Waals surface area contributed by atoms with Gasteiger partial charge in [0.2, 0.25) is 0 Å². The number of ether oxygens (including phenoxy) is 2. The molecule has 0 aliphatic carbocycles. The molecule has 1 aromatic heterocycles. The highest BCUT2D eigenvalue weighted by Gasteiger charge is 2.25. The number of rotatable bonds is 4. The van der Waals surface area contributed by atoms with Gasteiger partial charge >= 0.3 is 0 Å². The lowest BCUT2D eigenvalue weighted by Gasteiger charge is -2.33. The summed E-state index contributed by atoms with van der Waals surface area (Å²) in [6.45, 7) is 5.87. The van der Waals surface area contributed by atoms with Crippen molar-refractivity contribution in [2.75, 3.05) is 26.3 Å². The second-order valence-electron chi connectivity index (χ2n) is 6.19. The first-order chi connectivity index (χ1) is 11.5. The van der Waals surface area contributed by atoms with E-state index in [9.17, 15) is 9.18 Å². The lowest BCUT2D eigenvalue weighted by Crippen LogP contribution is -2.47. The minimum Gasteiger partial charge on any atom is -0.376 e. The van der Waals surface area contributed by atoms with Gasteiger partial charge in [-0.2, -0.15) is 0 Å². The molecule has 1 atom stereocenters. The Hall–Kier alpha value is -2.05. The maximum absolute atomic E-state index is 13.4. The predicted octanol–water partition coefficient (Wildman–Crippen LogP) is 2.64. The lowest BCUT2D eigenvalue weighted by molar-refractivity contribution is -0.0725. The second-order valence-corrected chi connectivity index (χ2v) is 6.19. The molecule has 1 aliphatic heterocycles. The summed E-state index contributed by atoms with van der Waals surface area (Å²) in [5, 5.41) is 0.619. The first kappa shape index (κ1) is 16.8. The molecule has 1 unspecified atom stereocenters. The van der Waals surface area contributed by atoms with Gasteiger partial charge in [-0.25, -0.2) is 4.39 Å². The Kier molecular flexibility index (Phi) is 5.06. The van der Waals surface area contributed by atoms with E-state index in [1.165, 1.54) is 18.3 Å². The third kappa shape index (κ3) is 3.88. The van der Waals surface area contributed by atoms with E-state index in [1.54, 1.807) is 17.0 Å². The van der Waals surface area contributed by atoms with Crippen molar-refractivity contribution in [3.63, 3.8) is 0 Å². The summed E-state index contributed by atoms with van der Waals surface area (Å²) in [5.74, 6) is -0.460. The van der Waals surface area contributed by atoms with Crippen LogP contribution in [-0.2, 0) is 9.47 Å². The smallest absolute Gasteiger partial charge is 0.255 e. The van der Waals surface area contributed by atoms with Crippen LogP contribution < -0.4 is 0 Å². The molecule has 0 N–H and O–H groups in total. The summed E-state index contributed by atoms with van der Waals surface area (Å²) in [6, 6.07) is 6.03. The fourth-order valence-corrected chi connectivity index (χ4v) is 2.71. The minimum atomic E-state index is -0.342. The van der Waals surface area contributed by atoms with Crippen molar-refractivity contribution < 1.29 is 18.7 Å². The number of carbonyl (C=O) groups is 1. The van der Waals surface area contributed by atoms with E-state index in [-0.39, 0.29) is 23.9 Å². The number of nitrogens with zero attached hydrogens (tertiary/aromatic N) is 2. The third-order valence-electron chi connectivity index (χ3n) is 3.93. The molecule has 0 saturated carbocycles. The van der Waals surface area contributed by atoms with E-state index in [0.717, 1.165) is 0 Å². The van der Waals surface area contributed by atoms with Crippen LogP contribution in [0.25, 0.3) is 10.9 Å². The maximum Gasteiger partial charge on any atom is 0.255 e. The van der Waals surface area contributed by atoms with Gasteiger partial charge in [-0.1, -0.05) is 0 Å². The molecule has 1 amide bonds. The molecular weight excluding hydrogens is 311 g/mol. The molecular formula is C18H21FN2O3. The van der Waals surface area contributed by atoms with E-state index in [0.29, 0.717) is 42.8 Å². The number of aromatic nitrogens is 1. The van der Waals surface area contributed by atoms with Crippen molar-refractivity contribution in [1.29, 1.82) is 0 Å². The second kappa shape index (κ2) is 7.23. The number of fused-ring (bicyclic) bond motifs is 1. The van der Waals surface area contributed by atoms with E-state index in [4.69, 9.17) is 9.47 Å². The van der Waals surface area contributed by atoms with Gasteiger partial charge in [-0.05, 0) is 38.1 Å². The summed E-state index contributed by atoms with van der Waals surface area (Å²) in [7, 11) is 0. The van der Waals surface area contributed by atoms with Gasteiger partial charge in [-0.3, -0.25) is 9.78 Å². The van der Waals surface area contributed by atoms with Crippen molar-refractivity contribution in [3.05, 3.63) is 41.8 Å². The summed E-state index contributed by atoms with van der Waals surface area (Å²) in [6.07, 6.45) is 1.53. The van der Waals surface area contributed by atoms with Gasteiger partial charge in [0.15, 0.2) is 0 Å². The van der Waals surface area contributed by atoms with Gasteiger partial charge < -0.3 is 14.4 Å². The molecule has 24 heavy (non-hydrogen) atoms. The van der Waals surface area contributed by atoms with E-state index in [1.807, 2.05) is 13.8 Å². The average Bonchev–Trinajstić information content (AvgIpc) is 2.59. The highest BCUT2D eigenvalue weighted by atomic mass is 19.1. The topological polar surface area (TPSA) is 51.7 Å². The van der Waals surface area contributed by atoms with E-state index in [2.05, 4.69) is 4.98 Å². The zero-order chi connectivity index (χ0) is 17.1. The largest absolute Gasteiger partial charge is 0.376 e. The fraction of sp³-hybridized carbons (Fsp3) is 0.444. The Bertz CT molecular complexity index is 735.